The van der Waals surface area contributed by atoms with Crippen LogP contribution in [-0.4, -0.2) is 24.0 Å². The molecule has 1 atom stereocenters. The summed E-state index contributed by atoms with van der Waals surface area (Å²) in [6, 6.07) is 5.35. The highest BCUT2D eigenvalue weighted by Crippen LogP contribution is 2.22. The van der Waals surface area contributed by atoms with E-state index in [1.807, 2.05) is 0 Å². The van der Waals surface area contributed by atoms with Crippen LogP contribution in [0.4, 0.5) is 4.39 Å². The molecule has 1 aromatic rings. The molecule has 1 saturated heterocycles. The van der Waals surface area contributed by atoms with Crippen molar-refractivity contribution in [1.82, 2.24) is 4.90 Å². The molecule has 15 heavy (non-hydrogen) atoms. The van der Waals surface area contributed by atoms with Crippen molar-refractivity contribution in [3.8, 4) is 0 Å². The molecule has 0 spiro atoms. The molecule has 0 amide bonds. The van der Waals surface area contributed by atoms with E-state index in [1.165, 1.54) is 6.07 Å². The van der Waals surface area contributed by atoms with Crippen LogP contribution in [0.1, 0.15) is 12.0 Å². The zero-order chi connectivity index (χ0) is 10.8. The van der Waals surface area contributed by atoms with Gasteiger partial charge in [0.15, 0.2) is 0 Å². The number of likely N-dealkylation sites (tertiary alicyclic amines) is 1. The summed E-state index contributed by atoms with van der Waals surface area (Å²) in [5, 5.41) is 0.192. The van der Waals surface area contributed by atoms with E-state index in [2.05, 4.69) is 4.90 Å². The maximum atomic E-state index is 12.9. The minimum atomic E-state index is -0.362. The Morgan fingerprint density at radius 3 is 2.87 bits per heavy atom. The van der Waals surface area contributed by atoms with Crippen LogP contribution in [0.25, 0.3) is 0 Å². The van der Waals surface area contributed by atoms with Gasteiger partial charge in [0.05, 0.1) is 5.02 Å². The van der Waals surface area contributed by atoms with E-state index in [0.29, 0.717) is 12.6 Å². The van der Waals surface area contributed by atoms with Crippen LogP contribution in [0, 0.1) is 5.82 Å². The number of hydrogen-bond acceptors (Lipinski definition) is 2. The van der Waals surface area contributed by atoms with Gasteiger partial charge in [-0.3, -0.25) is 4.90 Å². The molecule has 0 saturated carbocycles. The molecule has 2 N–H and O–H groups in total. The van der Waals surface area contributed by atoms with Gasteiger partial charge < -0.3 is 5.73 Å². The molecule has 1 aromatic carbocycles. The number of nitrogens with two attached hydrogens (primary N) is 1. The fraction of sp³-hybridized carbons (Fsp3) is 0.455. The Kier molecular flexibility index (Phi) is 3.24. The van der Waals surface area contributed by atoms with Crippen molar-refractivity contribution >= 4 is 11.6 Å². The fourth-order valence-corrected chi connectivity index (χ4v) is 2.04. The van der Waals surface area contributed by atoms with Gasteiger partial charge in [0.2, 0.25) is 0 Å². The van der Waals surface area contributed by atoms with Crippen LogP contribution in [0.3, 0.4) is 0 Å². The number of hydrogen-bond donors (Lipinski definition) is 1. The van der Waals surface area contributed by atoms with Crippen molar-refractivity contribution in [3.63, 3.8) is 0 Å². The highest BCUT2D eigenvalue weighted by molar-refractivity contribution is 6.30. The molecule has 1 aliphatic heterocycles. The van der Waals surface area contributed by atoms with Crippen LogP contribution in [0.2, 0.25) is 5.02 Å². The van der Waals surface area contributed by atoms with Crippen LogP contribution < -0.4 is 5.73 Å². The van der Waals surface area contributed by atoms with Gasteiger partial charge in [-0.2, -0.15) is 0 Å². The smallest absolute Gasteiger partial charge is 0.141 e. The largest absolute Gasteiger partial charge is 0.329 e. The number of nitrogens with zero attached hydrogens (tertiary/aromatic N) is 1. The van der Waals surface area contributed by atoms with Crippen molar-refractivity contribution < 1.29 is 4.39 Å². The molecule has 2 nitrogen and oxygen atoms in total. The third-order valence-corrected chi connectivity index (χ3v) is 3.20. The summed E-state index contributed by atoms with van der Waals surface area (Å²) in [5.74, 6) is -0.362. The average Bonchev–Trinajstić information content (AvgIpc) is 2.19. The average molecular weight is 229 g/mol. The fourth-order valence-electron chi connectivity index (χ4n) is 1.84. The number of halogens is 2. The van der Waals surface area contributed by atoms with Crippen LogP contribution in [0.15, 0.2) is 18.2 Å². The summed E-state index contributed by atoms with van der Waals surface area (Å²) in [6.45, 7) is 2.56. The molecule has 1 unspecified atom stereocenters. The monoisotopic (exact) mass is 228 g/mol. The molecular formula is C11H14ClFN2. The van der Waals surface area contributed by atoms with E-state index < -0.39 is 0 Å². The molecule has 0 aliphatic carbocycles. The van der Waals surface area contributed by atoms with Gasteiger partial charge in [0.25, 0.3) is 0 Å². The number of benzene rings is 1. The molecule has 0 bridgehead atoms. The third-order valence-electron chi connectivity index (χ3n) is 2.91. The first-order valence-corrected chi connectivity index (χ1v) is 5.46. The van der Waals surface area contributed by atoms with Gasteiger partial charge in [-0.25, -0.2) is 4.39 Å². The Balaban J connectivity index is 2.02. The maximum Gasteiger partial charge on any atom is 0.141 e. The number of rotatable bonds is 3. The van der Waals surface area contributed by atoms with Gasteiger partial charge in [-0.15, -0.1) is 0 Å². The maximum absolute atomic E-state index is 12.9. The van der Waals surface area contributed by atoms with Gasteiger partial charge in [0.1, 0.15) is 5.82 Å². The molecule has 1 fully saturated rings. The Bertz CT molecular complexity index is 354. The SMILES string of the molecule is NCC1CCN1Cc1ccc(F)c(Cl)c1. The van der Waals surface area contributed by atoms with Gasteiger partial charge >= 0.3 is 0 Å². The summed E-state index contributed by atoms with van der Waals surface area (Å²) in [4.78, 5) is 2.28. The lowest BCUT2D eigenvalue weighted by molar-refractivity contribution is 0.0882. The molecule has 4 heteroatoms. The summed E-state index contributed by atoms with van der Waals surface area (Å²) in [6.07, 6.45) is 1.16. The zero-order valence-corrected chi connectivity index (χ0v) is 9.17. The molecule has 0 radical (unpaired) electrons. The Labute approximate surface area is 93.8 Å². The van der Waals surface area contributed by atoms with E-state index in [1.54, 1.807) is 12.1 Å². The van der Waals surface area contributed by atoms with E-state index in [9.17, 15) is 4.39 Å². The minimum absolute atomic E-state index is 0.192. The highest BCUT2D eigenvalue weighted by Gasteiger charge is 2.26. The van der Waals surface area contributed by atoms with Crippen molar-refractivity contribution in [2.75, 3.05) is 13.1 Å². The standard InChI is InChI=1S/C11H14ClFN2/c12-10-5-8(1-2-11(10)13)7-15-4-3-9(15)6-14/h1-2,5,9H,3-4,6-7,14H2. The molecular weight excluding hydrogens is 215 g/mol. The van der Waals surface area contributed by atoms with Gasteiger partial charge in [0, 0.05) is 25.7 Å². The second-order valence-electron chi connectivity index (χ2n) is 3.90. The van der Waals surface area contributed by atoms with E-state index in [4.69, 9.17) is 17.3 Å². The van der Waals surface area contributed by atoms with Gasteiger partial charge in [-0.1, -0.05) is 17.7 Å². The van der Waals surface area contributed by atoms with Crippen LogP contribution in [0.5, 0.6) is 0 Å². The first kappa shape index (κ1) is 10.9. The van der Waals surface area contributed by atoms with Gasteiger partial charge in [-0.05, 0) is 24.1 Å². The van der Waals surface area contributed by atoms with Crippen molar-refractivity contribution in [3.05, 3.63) is 34.6 Å². The van der Waals surface area contributed by atoms with E-state index in [0.717, 1.165) is 25.1 Å². The second-order valence-corrected chi connectivity index (χ2v) is 4.30. The van der Waals surface area contributed by atoms with Crippen molar-refractivity contribution in [1.29, 1.82) is 0 Å². The minimum Gasteiger partial charge on any atom is -0.329 e. The van der Waals surface area contributed by atoms with Crippen molar-refractivity contribution in [2.45, 2.75) is 19.0 Å². The first-order chi connectivity index (χ1) is 7.20. The third kappa shape index (κ3) is 2.30. The lowest BCUT2D eigenvalue weighted by Gasteiger charge is -2.40. The molecule has 1 aliphatic rings. The van der Waals surface area contributed by atoms with Crippen LogP contribution in [-0.2, 0) is 6.54 Å². The predicted molar refractivity (Wildman–Crippen MR) is 59.3 cm³/mol. The molecule has 0 aromatic heterocycles. The first-order valence-electron chi connectivity index (χ1n) is 5.08. The second kappa shape index (κ2) is 4.47. The Morgan fingerprint density at radius 1 is 1.53 bits per heavy atom. The molecule has 1 heterocycles. The van der Waals surface area contributed by atoms with E-state index >= 15 is 0 Å². The molecule has 82 valence electrons. The molecule has 2 rings (SSSR count). The summed E-state index contributed by atoms with van der Waals surface area (Å²) in [5.41, 5.74) is 6.65. The topological polar surface area (TPSA) is 29.3 Å². The van der Waals surface area contributed by atoms with E-state index in [-0.39, 0.29) is 10.8 Å². The predicted octanol–water partition coefficient (Wildman–Crippen LogP) is 2.01. The zero-order valence-electron chi connectivity index (χ0n) is 8.42. The summed E-state index contributed by atoms with van der Waals surface area (Å²) in [7, 11) is 0. The summed E-state index contributed by atoms with van der Waals surface area (Å²) < 4.78 is 12.9. The Hall–Kier alpha value is -0.640. The Morgan fingerprint density at radius 2 is 2.33 bits per heavy atom. The quantitative estimate of drug-likeness (QED) is 0.858. The summed E-state index contributed by atoms with van der Waals surface area (Å²) >= 11 is 5.71. The normalized spacial score (nSPS) is 21.4. The highest BCUT2D eigenvalue weighted by atomic mass is 35.5. The lowest BCUT2D eigenvalue weighted by Crippen LogP contribution is -2.50. The lowest BCUT2D eigenvalue weighted by atomic mass is 10.0. The van der Waals surface area contributed by atoms with Crippen LogP contribution >= 0.6 is 11.6 Å². The van der Waals surface area contributed by atoms with Crippen molar-refractivity contribution in [2.24, 2.45) is 5.73 Å².